The monoisotopic (exact) mass is 292 g/mol. The molecule has 0 radical (unpaired) electrons. The van der Waals surface area contributed by atoms with Crippen LogP contribution in [0.5, 0.6) is 0 Å². The molecule has 0 aromatic carbocycles. The quantitative estimate of drug-likeness (QED) is 0.386. The van der Waals surface area contributed by atoms with Gasteiger partial charge in [-0.3, -0.25) is 9.11 Å². The van der Waals surface area contributed by atoms with Crippen molar-refractivity contribution in [1.82, 2.24) is 0 Å². The summed E-state index contributed by atoms with van der Waals surface area (Å²) in [6.45, 7) is 4.56. The van der Waals surface area contributed by atoms with Crippen LogP contribution in [0.25, 0.3) is 0 Å². The van der Waals surface area contributed by atoms with Gasteiger partial charge >= 0.3 is 40.0 Å². The van der Waals surface area contributed by atoms with Gasteiger partial charge in [0.25, 0.3) is 0 Å². The van der Waals surface area contributed by atoms with Gasteiger partial charge in [-0.25, -0.2) is 0 Å². The zero-order chi connectivity index (χ0) is 13.6. The van der Waals surface area contributed by atoms with Gasteiger partial charge in [-0.2, -0.15) is 8.42 Å². The molecule has 0 unspecified atom stereocenters. The fraction of sp³-hybridized carbons (Fsp3) is 1.00. The minimum atomic E-state index is -4.67. The standard InChI is InChI=1S/C12H26.Na.H2O4S.H/c1-3-5-7-9-11-12-10-8-6-4-2;;1-5(2,3)4;/h3-12H2,1-2H3;;(H2,1,2,3,4);. The van der Waals surface area contributed by atoms with Crippen molar-refractivity contribution in [2.45, 2.75) is 78.1 Å². The summed E-state index contributed by atoms with van der Waals surface area (Å²) in [6, 6.07) is 0. The molecule has 0 atom stereocenters. The molecule has 108 valence electrons. The Bertz CT molecular complexity index is 212. The van der Waals surface area contributed by atoms with Gasteiger partial charge < -0.3 is 0 Å². The van der Waals surface area contributed by atoms with Crippen molar-refractivity contribution in [3.05, 3.63) is 0 Å². The van der Waals surface area contributed by atoms with E-state index in [0.717, 1.165) is 0 Å². The second kappa shape index (κ2) is 17.9. The topological polar surface area (TPSA) is 74.6 Å². The first-order chi connectivity index (χ1) is 7.91. The molecule has 6 heteroatoms. The predicted octanol–water partition coefficient (Wildman–Crippen LogP) is 3.63. The summed E-state index contributed by atoms with van der Waals surface area (Å²) >= 11 is 0. The Morgan fingerprint density at radius 2 is 0.833 bits per heavy atom. The Balaban J connectivity index is -0.000000321. The molecule has 0 aromatic rings. The molecule has 18 heavy (non-hydrogen) atoms. The molecule has 4 nitrogen and oxygen atoms in total. The summed E-state index contributed by atoms with van der Waals surface area (Å²) in [5, 5.41) is 0. The van der Waals surface area contributed by atoms with Gasteiger partial charge in [-0.15, -0.1) is 0 Å². The van der Waals surface area contributed by atoms with Crippen molar-refractivity contribution in [3.8, 4) is 0 Å². The molecule has 0 spiro atoms. The van der Waals surface area contributed by atoms with Crippen LogP contribution in [-0.4, -0.2) is 47.1 Å². The van der Waals surface area contributed by atoms with E-state index >= 15 is 0 Å². The van der Waals surface area contributed by atoms with Crippen LogP contribution in [0.3, 0.4) is 0 Å². The van der Waals surface area contributed by atoms with E-state index < -0.39 is 10.4 Å². The van der Waals surface area contributed by atoms with Crippen molar-refractivity contribution >= 4 is 40.0 Å². The van der Waals surface area contributed by atoms with Gasteiger partial charge in [0.1, 0.15) is 0 Å². The number of hydrogen-bond donors (Lipinski definition) is 2. The first-order valence-electron chi connectivity index (χ1n) is 6.61. The van der Waals surface area contributed by atoms with Gasteiger partial charge in [0.2, 0.25) is 0 Å². The zero-order valence-electron chi connectivity index (χ0n) is 11.2. The first kappa shape index (κ1) is 23.9. The SMILES string of the molecule is CCCCCCCCCCCC.O=S(=O)(O)O.[NaH]. The summed E-state index contributed by atoms with van der Waals surface area (Å²) < 4.78 is 31.6. The molecule has 0 aliphatic carbocycles. The van der Waals surface area contributed by atoms with Crippen LogP contribution in [0.1, 0.15) is 78.1 Å². The van der Waals surface area contributed by atoms with Crippen molar-refractivity contribution < 1.29 is 17.5 Å². The van der Waals surface area contributed by atoms with Crippen molar-refractivity contribution in [2.24, 2.45) is 0 Å². The molecule has 2 N–H and O–H groups in total. The summed E-state index contributed by atoms with van der Waals surface area (Å²) in [5.41, 5.74) is 0. The molecular weight excluding hydrogens is 263 g/mol. The third-order valence-electron chi connectivity index (χ3n) is 2.46. The van der Waals surface area contributed by atoms with E-state index in [2.05, 4.69) is 13.8 Å². The molecule has 0 aliphatic rings. The van der Waals surface area contributed by atoms with Crippen LogP contribution in [0.2, 0.25) is 0 Å². The third kappa shape index (κ3) is 43.6. The molecule has 0 rings (SSSR count). The average Bonchev–Trinajstić information content (AvgIpc) is 2.20. The van der Waals surface area contributed by atoms with E-state index in [1.165, 1.54) is 64.2 Å². The fourth-order valence-corrected chi connectivity index (χ4v) is 1.56. The molecule has 0 amide bonds. The maximum atomic E-state index is 8.74. The van der Waals surface area contributed by atoms with E-state index in [1.807, 2.05) is 0 Å². The summed E-state index contributed by atoms with van der Waals surface area (Å²) in [4.78, 5) is 0. The van der Waals surface area contributed by atoms with Crippen LogP contribution in [0.15, 0.2) is 0 Å². The Kier molecular flexibility index (Phi) is 23.8. The van der Waals surface area contributed by atoms with Crippen molar-refractivity contribution in [2.75, 3.05) is 0 Å². The first-order valence-corrected chi connectivity index (χ1v) is 8.01. The molecule has 0 heterocycles. The van der Waals surface area contributed by atoms with Gasteiger partial charge in [0.15, 0.2) is 0 Å². The molecule has 0 aliphatic heterocycles. The molecule has 0 aromatic heterocycles. The predicted molar refractivity (Wildman–Crippen MR) is 78.8 cm³/mol. The van der Waals surface area contributed by atoms with Gasteiger partial charge in [0, 0.05) is 0 Å². The van der Waals surface area contributed by atoms with E-state index in [4.69, 9.17) is 17.5 Å². The normalized spacial score (nSPS) is 10.2. The molecule has 0 saturated carbocycles. The van der Waals surface area contributed by atoms with Crippen LogP contribution >= 0.6 is 0 Å². The maximum absolute atomic E-state index is 8.74. The summed E-state index contributed by atoms with van der Waals surface area (Å²) in [7, 11) is -4.67. The van der Waals surface area contributed by atoms with E-state index in [0.29, 0.717) is 0 Å². The molecule has 0 fully saturated rings. The van der Waals surface area contributed by atoms with Crippen molar-refractivity contribution in [1.29, 1.82) is 0 Å². The Morgan fingerprint density at radius 1 is 0.667 bits per heavy atom. The second-order valence-electron chi connectivity index (χ2n) is 4.28. The Morgan fingerprint density at radius 3 is 1.00 bits per heavy atom. The average molecular weight is 292 g/mol. The van der Waals surface area contributed by atoms with Gasteiger partial charge in [-0.05, 0) is 0 Å². The molecule has 0 saturated heterocycles. The number of rotatable bonds is 9. The summed E-state index contributed by atoms with van der Waals surface area (Å²) in [5.74, 6) is 0. The number of unbranched alkanes of at least 4 members (excludes halogenated alkanes) is 9. The second-order valence-corrected chi connectivity index (χ2v) is 5.17. The summed E-state index contributed by atoms with van der Waals surface area (Å²) in [6.07, 6.45) is 14.4. The van der Waals surface area contributed by atoms with Crippen molar-refractivity contribution in [3.63, 3.8) is 0 Å². The Labute approximate surface area is 135 Å². The van der Waals surface area contributed by atoms with E-state index in [1.54, 1.807) is 0 Å². The number of hydrogen-bond acceptors (Lipinski definition) is 2. The van der Waals surface area contributed by atoms with Crippen LogP contribution in [0.4, 0.5) is 0 Å². The Hall–Kier alpha value is 0.870. The molecule has 0 bridgehead atoms. The van der Waals surface area contributed by atoms with Crippen LogP contribution in [-0.2, 0) is 10.4 Å². The van der Waals surface area contributed by atoms with Crippen LogP contribution < -0.4 is 0 Å². The van der Waals surface area contributed by atoms with Crippen LogP contribution in [0, 0.1) is 0 Å². The third-order valence-corrected chi connectivity index (χ3v) is 2.46. The fourth-order valence-electron chi connectivity index (χ4n) is 1.56. The minimum absolute atomic E-state index is 0. The molecular formula is C12H29NaO4S. The van der Waals surface area contributed by atoms with Gasteiger partial charge in [0.05, 0.1) is 0 Å². The zero-order valence-corrected chi connectivity index (χ0v) is 12.0. The van der Waals surface area contributed by atoms with Gasteiger partial charge in [-0.1, -0.05) is 78.1 Å². The van der Waals surface area contributed by atoms with E-state index in [-0.39, 0.29) is 29.6 Å². The van der Waals surface area contributed by atoms with E-state index in [9.17, 15) is 0 Å².